The molecule has 0 heterocycles. The van der Waals surface area contributed by atoms with E-state index in [-0.39, 0.29) is 12.1 Å². The molecule has 1 rings (SSSR count). The minimum absolute atomic E-state index is 0.0111. The fourth-order valence-corrected chi connectivity index (χ4v) is 2.26. The largest absolute Gasteiger partial charge is 0.483 e. The molecule has 1 aromatic rings. The summed E-state index contributed by atoms with van der Waals surface area (Å²) in [5.41, 5.74) is 7.11. The van der Waals surface area contributed by atoms with E-state index in [1.165, 1.54) is 0 Å². The van der Waals surface area contributed by atoms with Crippen molar-refractivity contribution in [3.63, 3.8) is 0 Å². The summed E-state index contributed by atoms with van der Waals surface area (Å²) in [5.74, 6) is 0.246. The summed E-state index contributed by atoms with van der Waals surface area (Å²) in [6.45, 7) is 8.80. The van der Waals surface area contributed by atoms with Crippen molar-refractivity contribution in [3.8, 4) is 5.75 Å². The quantitative estimate of drug-likeness (QED) is 0.872. The van der Waals surface area contributed by atoms with Crippen LogP contribution in [0.5, 0.6) is 5.75 Å². The number of aryl methyl sites for hydroxylation is 1. The number of nitrogens with one attached hydrogen (secondary N) is 1. The number of rotatable bonds is 5. The number of carbonyl (C=O) groups excluding carboxylic acids is 1. The molecule has 0 aromatic heterocycles. The van der Waals surface area contributed by atoms with E-state index in [0.717, 1.165) is 21.3 Å². The minimum Gasteiger partial charge on any atom is -0.483 e. The van der Waals surface area contributed by atoms with Gasteiger partial charge in [-0.05, 0) is 45.4 Å². The van der Waals surface area contributed by atoms with Gasteiger partial charge in [0.1, 0.15) is 5.75 Å². The van der Waals surface area contributed by atoms with E-state index in [1.807, 2.05) is 19.1 Å². The lowest BCUT2D eigenvalue weighted by Crippen LogP contribution is -2.35. The van der Waals surface area contributed by atoms with Gasteiger partial charge in [0.05, 0.1) is 0 Å². The van der Waals surface area contributed by atoms with Gasteiger partial charge in [-0.1, -0.05) is 15.9 Å². The first-order valence-corrected chi connectivity index (χ1v) is 6.93. The van der Waals surface area contributed by atoms with Crippen LogP contribution in [0.15, 0.2) is 16.6 Å². The molecule has 0 unspecified atom stereocenters. The Balaban J connectivity index is 2.95. The molecule has 0 aliphatic heterocycles. The van der Waals surface area contributed by atoms with Crippen LogP contribution in [0.1, 0.15) is 31.9 Å². The standard InChI is InChI=1S/C14H21BrN2O2/c1-9-5-11(15)6-10(7-17-14(2,3)4)13(9)19-8-12(16)18/h5-6,17H,7-8H2,1-4H3,(H2,16,18). The highest BCUT2D eigenvalue weighted by molar-refractivity contribution is 9.10. The monoisotopic (exact) mass is 328 g/mol. The topological polar surface area (TPSA) is 64.3 Å². The van der Waals surface area contributed by atoms with Gasteiger partial charge in [0.25, 0.3) is 5.91 Å². The Morgan fingerprint density at radius 1 is 1.42 bits per heavy atom. The van der Waals surface area contributed by atoms with Crippen LogP contribution in [0, 0.1) is 6.92 Å². The minimum atomic E-state index is -0.475. The predicted octanol–water partition coefficient (Wildman–Crippen LogP) is 2.51. The zero-order valence-corrected chi connectivity index (χ0v) is 13.4. The van der Waals surface area contributed by atoms with E-state index in [2.05, 4.69) is 42.0 Å². The molecule has 0 radical (unpaired) electrons. The van der Waals surface area contributed by atoms with Gasteiger partial charge in [-0.3, -0.25) is 4.79 Å². The van der Waals surface area contributed by atoms with Crippen molar-refractivity contribution in [1.82, 2.24) is 5.32 Å². The second kappa shape index (κ2) is 6.39. The first-order valence-electron chi connectivity index (χ1n) is 6.14. The highest BCUT2D eigenvalue weighted by atomic mass is 79.9. The molecular formula is C14H21BrN2O2. The Labute approximate surface area is 122 Å². The summed E-state index contributed by atoms with van der Waals surface area (Å²) in [7, 11) is 0. The van der Waals surface area contributed by atoms with Crippen molar-refractivity contribution in [2.24, 2.45) is 5.73 Å². The van der Waals surface area contributed by atoms with Gasteiger partial charge in [-0.15, -0.1) is 0 Å². The lowest BCUT2D eigenvalue weighted by molar-refractivity contribution is -0.119. The summed E-state index contributed by atoms with van der Waals surface area (Å²) in [5, 5.41) is 3.40. The van der Waals surface area contributed by atoms with Crippen molar-refractivity contribution >= 4 is 21.8 Å². The molecule has 0 saturated carbocycles. The summed E-state index contributed by atoms with van der Waals surface area (Å²) in [4.78, 5) is 10.9. The normalized spacial score (nSPS) is 11.4. The second-order valence-corrected chi connectivity index (χ2v) is 6.49. The molecule has 0 aliphatic carbocycles. The molecule has 5 heteroatoms. The van der Waals surface area contributed by atoms with Crippen LogP contribution in [0.25, 0.3) is 0 Å². The third-order valence-electron chi connectivity index (χ3n) is 2.48. The van der Waals surface area contributed by atoms with Gasteiger partial charge < -0.3 is 15.8 Å². The molecule has 0 bridgehead atoms. The van der Waals surface area contributed by atoms with Crippen LogP contribution in [0.2, 0.25) is 0 Å². The molecule has 3 N–H and O–H groups in total. The molecule has 19 heavy (non-hydrogen) atoms. The summed E-state index contributed by atoms with van der Waals surface area (Å²) in [6, 6.07) is 3.94. The zero-order chi connectivity index (χ0) is 14.6. The van der Waals surface area contributed by atoms with Crippen molar-refractivity contribution in [2.75, 3.05) is 6.61 Å². The third kappa shape index (κ3) is 5.61. The zero-order valence-electron chi connectivity index (χ0n) is 11.8. The Morgan fingerprint density at radius 2 is 2.05 bits per heavy atom. The van der Waals surface area contributed by atoms with Gasteiger partial charge >= 0.3 is 0 Å². The molecule has 0 spiro atoms. The summed E-state index contributed by atoms with van der Waals surface area (Å²) < 4.78 is 6.50. The lowest BCUT2D eigenvalue weighted by Gasteiger charge is -2.22. The number of halogens is 1. The number of ether oxygens (including phenoxy) is 1. The molecule has 0 atom stereocenters. The fraction of sp³-hybridized carbons (Fsp3) is 0.500. The van der Waals surface area contributed by atoms with Crippen LogP contribution in [0.3, 0.4) is 0 Å². The van der Waals surface area contributed by atoms with Crippen molar-refractivity contribution in [1.29, 1.82) is 0 Å². The van der Waals surface area contributed by atoms with E-state index in [4.69, 9.17) is 10.5 Å². The second-order valence-electron chi connectivity index (χ2n) is 5.57. The number of primary amides is 1. The average Bonchev–Trinajstić information content (AvgIpc) is 2.23. The Morgan fingerprint density at radius 3 is 2.58 bits per heavy atom. The number of hydrogen-bond donors (Lipinski definition) is 2. The smallest absolute Gasteiger partial charge is 0.255 e. The van der Waals surface area contributed by atoms with Gasteiger partial charge in [0.2, 0.25) is 0 Å². The Kier molecular flexibility index (Phi) is 5.38. The van der Waals surface area contributed by atoms with E-state index < -0.39 is 5.91 Å². The van der Waals surface area contributed by atoms with Gasteiger partial charge in [-0.2, -0.15) is 0 Å². The van der Waals surface area contributed by atoms with Gasteiger partial charge in [0, 0.05) is 22.1 Å². The highest BCUT2D eigenvalue weighted by Gasteiger charge is 2.14. The van der Waals surface area contributed by atoms with Gasteiger partial charge in [-0.25, -0.2) is 0 Å². The maximum Gasteiger partial charge on any atom is 0.255 e. The first-order chi connectivity index (χ1) is 8.69. The van der Waals surface area contributed by atoms with Crippen LogP contribution >= 0.6 is 15.9 Å². The van der Waals surface area contributed by atoms with E-state index in [0.29, 0.717) is 6.54 Å². The maximum absolute atomic E-state index is 10.9. The van der Waals surface area contributed by atoms with Crippen LogP contribution in [0.4, 0.5) is 0 Å². The number of hydrogen-bond acceptors (Lipinski definition) is 3. The predicted molar refractivity (Wildman–Crippen MR) is 80.2 cm³/mol. The number of amides is 1. The Bertz CT molecular complexity index is 467. The lowest BCUT2D eigenvalue weighted by atomic mass is 10.1. The summed E-state index contributed by atoms with van der Waals surface area (Å²) in [6.07, 6.45) is 0. The average molecular weight is 329 g/mol. The SMILES string of the molecule is Cc1cc(Br)cc(CNC(C)(C)C)c1OCC(N)=O. The molecule has 106 valence electrons. The molecule has 0 saturated heterocycles. The van der Waals surface area contributed by atoms with Crippen molar-refractivity contribution in [3.05, 3.63) is 27.7 Å². The molecular weight excluding hydrogens is 308 g/mol. The van der Waals surface area contributed by atoms with Gasteiger partial charge in [0.15, 0.2) is 6.61 Å². The fourth-order valence-electron chi connectivity index (χ4n) is 1.64. The molecule has 0 fully saturated rings. The van der Waals surface area contributed by atoms with E-state index in [9.17, 15) is 4.79 Å². The highest BCUT2D eigenvalue weighted by Crippen LogP contribution is 2.28. The molecule has 1 aromatic carbocycles. The van der Waals surface area contributed by atoms with Crippen molar-refractivity contribution < 1.29 is 9.53 Å². The third-order valence-corrected chi connectivity index (χ3v) is 2.94. The van der Waals surface area contributed by atoms with E-state index in [1.54, 1.807) is 0 Å². The van der Waals surface area contributed by atoms with Crippen molar-refractivity contribution in [2.45, 2.75) is 39.8 Å². The molecule has 4 nitrogen and oxygen atoms in total. The maximum atomic E-state index is 10.9. The van der Waals surface area contributed by atoms with Crippen LogP contribution < -0.4 is 15.8 Å². The number of benzene rings is 1. The van der Waals surface area contributed by atoms with Crippen LogP contribution in [-0.4, -0.2) is 18.1 Å². The molecule has 0 aliphatic rings. The number of nitrogens with two attached hydrogens (primary N) is 1. The Hall–Kier alpha value is -1.07. The molecule has 1 amide bonds. The summed E-state index contributed by atoms with van der Waals surface area (Å²) >= 11 is 3.47. The van der Waals surface area contributed by atoms with Crippen LogP contribution in [-0.2, 0) is 11.3 Å². The van der Waals surface area contributed by atoms with E-state index >= 15 is 0 Å². The number of carbonyl (C=O) groups is 1. The first kappa shape index (κ1) is 16.0.